The fraction of sp³-hybridized carbons (Fsp3) is 0.0196. The van der Waals surface area contributed by atoms with Gasteiger partial charge in [-0.15, -0.1) is 0 Å². The van der Waals surface area contributed by atoms with Crippen LogP contribution in [0.5, 0.6) is 5.06 Å². The van der Waals surface area contributed by atoms with E-state index in [1.165, 1.54) is 71.5 Å². The van der Waals surface area contributed by atoms with Gasteiger partial charge in [0.25, 0.3) is 0 Å². The zero-order valence-electron chi connectivity index (χ0n) is 29.4. The minimum absolute atomic E-state index is 0.346. The lowest BCUT2D eigenvalue weighted by Crippen LogP contribution is -1.92. The molecule has 0 amide bonds. The van der Waals surface area contributed by atoms with Gasteiger partial charge in [-0.05, 0) is 114 Å². The molecule has 11 aromatic rings. The summed E-state index contributed by atoms with van der Waals surface area (Å²) in [6.45, 7) is 1.98. The predicted octanol–water partition coefficient (Wildman–Crippen LogP) is 15.2. The van der Waals surface area contributed by atoms with Gasteiger partial charge in [-0.1, -0.05) is 151 Å². The summed E-state index contributed by atoms with van der Waals surface area (Å²) in [7, 11) is 0. The summed E-state index contributed by atoms with van der Waals surface area (Å²) >= 11 is 1.43. The van der Waals surface area contributed by atoms with Crippen molar-refractivity contribution in [3.8, 4) is 38.4 Å². The van der Waals surface area contributed by atoms with Crippen LogP contribution in [-0.2, 0) is 0 Å². The maximum absolute atomic E-state index is 10.7. The Morgan fingerprint density at radius 2 is 1.11 bits per heavy atom. The zero-order valence-corrected chi connectivity index (χ0v) is 30.2. The van der Waals surface area contributed by atoms with Crippen molar-refractivity contribution < 1.29 is 9.52 Å². The smallest absolute Gasteiger partial charge is 0.179 e. The van der Waals surface area contributed by atoms with E-state index in [1.807, 2.05) is 19.1 Å². The lowest BCUT2D eigenvalue weighted by Gasteiger charge is -2.19. The predicted molar refractivity (Wildman–Crippen MR) is 232 cm³/mol. The van der Waals surface area contributed by atoms with E-state index in [9.17, 15) is 5.11 Å². The van der Waals surface area contributed by atoms with Crippen molar-refractivity contribution >= 4 is 92.5 Å². The summed E-state index contributed by atoms with van der Waals surface area (Å²) in [6, 6.07) is 57.1. The normalized spacial score (nSPS) is 12.2. The molecular formula is C51H32O2S. The molecule has 1 N–H and O–H groups in total. The molecule has 2 aromatic heterocycles. The van der Waals surface area contributed by atoms with E-state index in [0.29, 0.717) is 5.06 Å². The maximum atomic E-state index is 10.7. The van der Waals surface area contributed by atoms with Gasteiger partial charge in [-0.2, -0.15) is 0 Å². The number of aromatic hydroxyl groups is 1. The van der Waals surface area contributed by atoms with Crippen LogP contribution in [0.3, 0.4) is 0 Å². The van der Waals surface area contributed by atoms with Crippen molar-refractivity contribution in [3.63, 3.8) is 0 Å². The van der Waals surface area contributed by atoms with Crippen molar-refractivity contribution in [2.24, 2.45) is 0 Å². The number of allylic oxidation sites excluding steroid dienone is 1. The first-order valence-electron chi connectivity index (χ1n) is 18.3. The standard InChI is InChI=1S/C51H32O2S/c1-2-12-41-44-27-31-22-26-45-50(43(31)29-47(44)54-51(41)52)42-23-21-32(28-46(42)53-45)48-36-17-8-10-19-38(36)49(39-20-11-9-18-37(39)48)40-25-24-33(30-13-4-3-5-14-30)34-15-6-7-16-35(34)40/h2-29,52H,1H3/b12-2-. The topological polar surface area (TPSA) is 33.4 Å². The molecule has 0 aliphatic rings. The largest absolute Gasteiger partial charge is 0.499 e. The van der Waals surface area contributed by atoms with Gasteiger partial charge < -0.3 is 9.52 Å². The Bertz CT molecular complexity index is 3290. The van der Waals surface area contributed by atoms with Crippen LogP contribution in [0.1, 0.15) is 12.5 Å². The van der Waals surface area contributed by atoms with Gasteiger partial charge in [0.05, 0.1) is 0 Å². The Morgan fingerprint density at radius 1 is 0.481 bits per heavy atom. The van der Waals surface area contributed by atoms with Crippen LogP contribution in [0.2, 0.25) is 0 Å². The molecule has 3 heteroatoms. The second-order valence-electron chi connectivity index (χ2n) is 14.1. The molecule has 0 fully saturated rings. The molecule has 2 nitrogen and oxygen atoms in total. The third-order valence-electron chi connectivity index (χ3n) is 11.1. The third-order valence-corrected chi connectivity index (χ3v) is 12.1. The highest BCUT2D eigenvalue weighted by molar-refractivity contribution is 7.21. The van der Waals surface area contributed by atoms with Crippen molar-refractivity contribution in [2.75, 3.05) is 0 Å². The first kappa shape index (κ1) is 30.9. The number of fused-ring (bicyclic) bond motifs is 9. The average molecular weight is 709 g/mol. The number of benzene rings is 9. The lowest BCUT2D eigenvalue weighted by molar-refractivity contribution is 0.490. The van der Waals surface area contributed by atoms with Crippen molar-refractivity contribution in [1.82, 2.24) is 0 Å². The molecule has 11 rings (SSSR count). The monoisotopic (exact) mass is 708 g/mol. The molecule has 9 aromatic carbocycles. The number of hydrogen-bond donors (Lipinski definition) is 1. The first-order valence-corrected chi connectivity index (χ1v) is 19.2. The number of hydrogen-bond acceptors (Lipinski definition) is 3. The van der Waals surface area contributed by atoms with E-state index < -0.39 is 0 Å². The fourth-order valence-electron chi connectivity index (χ4n) is 8.80. The Balaban J connectivity index is 1.15. The molecule has 0 bridgehead atoms. The number of furan rings is 1. The summed E-state index contributed by atoms with van der Waals surface area (Å²) in [6.07, 6.45) is 3.96. The van der Waals surface area contributed by atoms with Gasteiger partial charge in [0.15, 0.2) is 5.06 Å². The molecule has 0 atom stereocenters. The minimum atomic E-state index is 0.346. The number of thiophene rings is 1. The first-order chi connectivity index (χ1) is 26.7. The summed E-state index contributed by atoms with van der Waals surface area (Å²) in [5, 5.41) is 24.0. The average Bonchev–Trinajstić information content (AvgIpc) is 3.75. The molecule has 0 saturated heterocycles. The van der Waals surface area contributed by atoms with Crippen LogP contribution in [-0.4, -0.2) is 5.11 Å². The highest BCUT2D eigenvalue weighted by Gasteiger charge is 2.21. The highest BCUT2D eigenvalue weighted by Crippen LogP contribution is 2.48. The van der Waals surface area contributed by atoms with Crippen LogP contribution >= 0.6 is 11.3 Å². The van der Waals surface area contributed by atoms with Gasteiger partial charge >= 0.3 is 0 Å². The molecule has 0 spiro atoms. The minimum Gasteiger partial charge on any atom is -0.499 e. The van der Waals surface area contributed by atoms with Crippen molar-refractivity contribution in [3.05, 3.63) is 169 Å². The fourth-order valence-corrected chi connectivity index (χ4v) is 9.75. The van der Waals surface area contributed by atoms with Gasteiger partial charge in [0.2, 0.25) is 0 Å². The Hall–Kier alpha value is -6.68. The Kier molecular flexibility index (Phi) is 6.82. The van der Waals surface area contributed by atoms with E-state index in [-0.39, 0.29) is 0 Å². The molecule has 0 radical (unpaired) electrons. The van der Waals surface area contributed by atoms with Crippen molar-refractivity contribution in [2.45, 2.75) is 6.92 Å². The second-order valence-corrected chi connectivity index (χ2v) is 15.1. The zero-order chi connectivity index (χ0) is 35.9. The van der Waals surface area contributed by atoms with E-state index >= 15 is 0 Å². The molecule has 0 aliphatic carbocycles. The molecule has 2 heterocycles. The van der Waals surface area contributed by atoms with Crippen LogP contribution in [0.4, 0.5) is 0 Å². The molecule has 0 unspecified atom stereocenters. The third kappa shape index (κ3) is 4.52. The van der Waals surface area contributed by atoms with E-state index in [1.54, 1.807) is 0 Å². The Labute approximate surface area is 315 Å². The van der Waals surface area contributed by atoms with Crippen molar-refractivity contribution in [1.29, 1.82) is 0 Å². The highest BCUT2D eigenvalue weighted by atomic mass is 32.1. The molecule has 0 aliphatic heterocycles. The summed E-state index contributed by atoms with van der Waals surface area (Å²) in [4.78, 5) is 0. The lowest BCUT2D eigenvalue weighted by atomic mass is 9.83. The van der Waals surface area contributed by atoms with Gasteiger partial charge in [-0.3, -0.25) is 0 Å². The SMILES string of the molecule is C/C=C\c1c(O)sc2cc3c(ccc4oc5cc(-c6c7ccccc7c(-c7ccc(-c8ccccc8)c8ccccc78)c7ccccc67)ccc5c43)cc12. The quantitative estimate of drug-likeness (QED) is 0.185. The molecule has 54 heavy (non-hydrogen) atoms. The van der Waals surface area contributed by atoms with Crippen LogP contribution in [0, 0.1) is 0 Å². The van der Waals surface area contributed by atoms with Gasteiger partial charge in [0.1, 0.15) is 11.2 Å². The number of rotatable bonds is 4. The summed E-state index contributed by atoms with van der Waals surface area (Å²) < 4.78 is 7.72. The maximum Gasteiger partial charge on any atom is 0.179 e. The second kappa shape index (κ2) is 11.9. The van der Waals surface area contributed by atoms with Crippen LogP contribution < -0.4 is 0 Å². The van der Waals surface area contributed by atoms with E-state index in [4.69, 9.17) is 4.42 Å². The molecular weight excluding hydrogens is 677 g/mol. The molecule has 254 valence electrons. The summed E-state index contributed by atoms with van der Waals surface area (Å²) in [5.74, 6) is 0. The molecule has 0 saturated carbocycles. The van der Waals surface area contributed by atoms with E-state index in [2.05, 4.69) is 158 Å². The Morgan fingerprint density at radius 3 is 1.81 bits per heavy atom. The van der Waals surface area contributed by atoms with E-state index in [0.717, 1.165) is 53.9 Å². The summed E-state index contributed by atoms with van der Waals surface area (Å²) in [5.41, 5.74) is 9.86. The van der Waals surface area contributed by atoms with Gasteiger partial charge in [-0.25, -0.2) is 0 Å². The van der Waals surface area contributed by atoms with Crippen LogP contribution in [0.15, 0.2) is 168 Å². The van der Waals surface area contributed by atoms with Gasteiger partial charge in [0, 0.05) is 26.4 Å². The van der Waals surface area contributed by atoms with Crippen LogP contribution in [0.25, 0.3) is 115 Å².